The lowest BCUT2D eigenvalue weighted by molar-refractivity contribution is -0.154. The molecule has 0 aliphatic carbocycles. The van der Waals surface area contributed by atoms with Crippen LogP contribution in [-0.2, 0) is 9.53 Å². The summed E-state index contributed by atoms with van der Waals surface area (Å²) in [4.78, 5) is 11.8. The van der Waals surface area contributed by atoms with Gasteiger partial charge in [-0.2, -0.15) is 0 Å². The summed E-state index contributed by atoms with van der Waals surface area (Å²) in [5, 5.41) is 0. The van der Waals surface area contributed by atoms with Crippen molar-refractivity contribution in [2.45, 2.75) is 27.2 Å². The number of hydrogen-bond acceptors (Lipinski definition) is 3. The molecule has 0 bridgehead atoms. The van der Waals surface area contributed by atoms with E-state index in [1.165, 1.54) is 5.56 Å². The molecule has 3 heteroatoms. The van der Waals surface area contributed by atoms with Crippen LogP contribution in [0.15, 0.2) is 54.6 Å². The van der Waals surface area contributed by atoms with Gasteiger partial charge in [-0.05, 0) is 43.5 Å². The molecule has 0 radical (unpaired) electrons. The van der Waals surface area contributed by atoms with Gasteiger partial charge >= 0.3 is 5.97 Å². The monoisotopic (exact) mass is 312 g/mol. The van der Waals surface area contributed by atoms with Crippen molar-refractivity contribution in [2.75, 3.05) is 13.2 Å². The van der Waals surface area contributed by atoms with Gasteiger partial charge in [-0.3, -0.25) is 4.79 Å². The second-order valence-electron chi connectivity index (χ2n) is 6.11. The first-order valence-corrected chi connectivity index (χ1v) is 7.98. The molecule has 0 aliphatic heterocycles. The smallest absolute Gasteiger partial charge is 0.311 e. The van der Waals surface area contributed by atoms with E-state index in [1.807, 2.05) is 63.2 Å². The average Bonchev–Trinajstić information content (AvgIpc) is 2.59. The van der Waals surface area contributed by atoms with Gasteiger partial charge in [-0.15, -0.1) is 0 Å². The van der Waals surface area contributed by atoms with Gasteiger partial charge in [-0.1, -0.05) is 49.4 Å². The molecule has 3 nitrogen and oxygen atoms in total. The predicted molar refractivity (Wildman–Crippen MR) is 92.4 cm³/mol. The number of benzene rings is 2. The number of carbonyl (C=O) groups excluding carboxylic acids is 1. The highest BCUT2D eigenvalue weighted by molar-refractivity contribution is 5.75. The molecule has 0 unspecified atom stereocenters. The Bertz CT molecular complexity index is 615. The largest absolute Gasteiger partial charge is 0.490 e. The normalized spacial score (nSPS) is 11.1. The van der Waals surface area contributed by atoms with Gasteiger partial charge in [0.15, 0.2) is 0 Å². The van der Waals surface area contributed by atoms with Crippen molar-refractivity contribution < 1.29 is 14.3 Å². The molecule has 0 aromatic heterocycles. The highest BCUT2D eigenvalue weighted by Gasteiger charge is 2.26. The molecule has 0 heterocycles. The fraction of sp³-hybridized carbons (Fsp3) is 0.350. The highest BCUT2D eigenvalue weighted by Crippen LogP contribution is 2.23. The van der Waals surface area contributed by atoms with E-state index in [0.29, 0.717) is 6.61 Å². The Morgan fingerprint density at radius 3 is 2.13 bits per heavy atom. The topological polar surface area (TPSA) is 35.5 Å². The third-order valence-corrected chi connectivity index (χ3v) is 3.98. The van der Waals surface area contributed by atoms with Gasteiger partial charge in [0.25, 0.3) is 0 Å². The minimum Gasteiger partial charge on any atom is -0.490 e. The standard InChI is InChI=1S/C20H24O3/c1-4-20(2,3)19(21)23-15-14-22-18-12-10-17(11-13-18)16-8-6-5-7-9-16/h5-13H,4,14-15H2,1-3H3. The van der Waals surface area contributed by atoms with Gasteiger partial charge < -0.3 is 9.47 Å². The molecule has 2 aromatic rings. The van der Waals surface area contributed by atoms with Crippen LogP contribution in [0.3, 0.4) is 0 Å². The molecular formula is C20H24O3. The molecule has 2 aromatic carbocycles. The van der Waals surface area contributed by atoms with Gasteiger partial charge in [0.2, 0.25) is 0 Å². The fourth-order valence-electron chi connectivity index (χ4n) is 2.01. The molecule has 0 saturated heterocycles. The summed E-state index contributed by atoms with van der Waals surface area (Å²) in [5.74, 6) is 0.596. The molecule has 0 saturated carbocycles. The van der Waals surface area contributed by atoms with E-state index in [4.69, 9.17) is 9.47 Å². The zero-order valence-corrected chi connectivity index (χ0v) is 14.0. The zero-order chi connectivity index (χ0) is 16.7. The maximum atomic E-state index is 11.8. The van der Waals surface area contributed by atoms with Crippen molar-refractivity contribution in [3.63, 3.8) is 0 Å². The van der Waals surface area contributed by atoms with E-state index < -0.39 is 5.41 Å². The Labute approximate surface area is 138 Å². The van der Waals surface area contributed by atoms with Crippen LogP contribution < -0.4 is 4.74 Å². The summed E-state index contributed by atoms with van der Waals surface area (Å²) < 4.78 is 10.9. The highest BCUT2D eigenvalue weighted by atomic mass is 16.6. The lowest BCUT2D eigenvalue weighted by Gasteiger charge is -2.20. The van der Waals surface area contributed by atoms with Crippen LogP contribution in [0.2, 0.25) is 0 Å². The van der Waals surface area contributed by atoms with Crippen LogP contribution in [0.4, 0.5) is 0 Å². The molecule has 0 fully saturated rings. The second-order valence-corrected chi connectivity index (χ2v) is 6.11. The van der Waals surface area contributed by atoms with Gasteiger partial charge in [0, 0.05) is 0 Å². The summed E-state index contributed by atoms with van der Waals surface area (Å²) >= 11 is 0. The van der Waals surface area contributed by atoms with Gasteiger partial charge in [0.1, 0.15) is 19.0 Å². The van der Waals surface area contributed by atoms with E-state index in [9.17, 15) is 4.79 Å². The van der Waals surface area contributed by atoms with Crippen molar-refractivity contribution in [3.05, 3.63) is 54.6 Å². The van der Waals surface area contributed by atoms with Crippen LogP contribution in [0.25, 0.3) is 11.1 Å². The first kappa shape index (κ1) is 17.1. The molecule has 0 N–H and O–H groups in total. The van der Waals surface area contributed by atoms with E-state index in [0.717, 1.165) is 17.7 Å². The minimum absolute atomic E-state index is 0.178. The average molecular weight is 312 g/mol. The quantitative estimate of drug-likeness (QED) is 0.548. The van der Waals surface area contributed by atoms with Crippen LogP contribution in [0.5, 0.6) is 5.75 Å². The predicted octanol–water partition coefficient (Wildman–Crippen LogP) is 4.71. The first-order valence-electron chi connectivity index (χ1n) is 7.98. The SMILES string of the molecule is CCC(C)(C)C(=O)OCCOc1ccc(-c2ccccc2)cc1. The molecule has 0 spiro atoms. The van der Waals surface area contributed by atoms with Crippen molar-refractivity contribution in [3.8, 4) is 16.9 Å². The van der Waals surface area contributed by atoms with Crippen LogP contribution in [0, 0.1) is 5.41 Å². The van der Waals surface area contributed by atoms with E-state index in [1.54, 1.807) is 0 Å². The molecule has 2 rings (SSSR count). The summed E-state index contributed by atoms with van der Waals surface area (Å²) in [5.41, 5.74) is 1.89. The Morgan fingerprint density at radius 2 is 1.52 bits per heavy atom. The Kier molecular flexibility index (Phi) is 5.80. The third-order valence-electron chi connectivity index (χ3n) is 3.98. The maximum Gasteiger partial charge on any atom is 0.311 e. The molecule has 23 heavy (non-hydrogen) atoms. The van der Waals surface area contributed by atoms with Crippen LogP contribution in [-0.4, -0.2) is 19.2 Å². The summed E-state index contributed by atoms with van der Waals surface area (Å²) in [6.45, 7) is 6.38. The fourth-order valence-corrected chi connectivity index (χ4v) is 2.01. The number of esters is 1. The van der Waals surface area contributed by atoms with E-state index in [2.05, 4.69) is 12.1 Å². The van der Waals surface area contributed by atoms with Crippen molar-refractivity contribution in [1.29, 1.82) is 0 Å². The van der Waals surface area contributed by atoms with Crippen LogP contribution in [0.1, 0.15) is 27.2 Å². The third kappa shape index (κ3) is 4.85. The zero-order valence-electron chi connectivity index (χ0n) is 14.0. The lowest BCUT2D eigenvalue weighted by atomic mass is 9.91. The number of carbonyl (C=O) groups is 1. The summed E-state index contributed by atoms with van der Waals surface area (Å²) in [7, 11) is 0. The van der Waals surface area contributed by atoms with Crippen molar-refractivity contribution in [1.82, 2.24) is 0 Å². The van der Waals surface area contributed by atoms with Crippen LogP contribution >= 0.6 is 0 Å². The Balaban J connectivity index is 1.80. The molecule has 0 amide bonds. The second kappa shape index (κ2) is 7.82. The Morgan fingerprint density at radius 1 is 0.913 bits per heavy atom. The maximum absolute atomic E-state index is 11.8. The lowest BCUT2D eigenvalue weighted by Crippen LogP contribution is -2.27. The van der Waals surface area contributed by atoms with Crippen molar-refractivity contribution >= 4 is 5.97 Å². The summed E-state index contributed by atoms with van der Waals surface area (Å²) in [6.07, 6.45) is 0.758. The molecule has 122 valence electrons. The first-order chi connectivity index (χ1) is 11.0. The molecule has 0 atom stereocenters. The Hall–Kier alpha value is -2.29. The van der Waals surface area contributed by atoms with Gasteiger partial charge in [0.05, 0.1) is 5.41 Å². The van der Waals surface area contributed by atoms with Crippen molar-refractivity contribution in [2.24, 2.45) is 5.41 Å². The molecule has 0 aliphatic rings. The minimum atomic E-state index is -0.433. The van der Waals surface area contributed by atoms with Gasteiger partial charge in [-0.25, -0.2) is 0 Å². The summed E-state index contributed by atoms with van der Waals surface area (Å²) in [6, 6.07) is 18.1. The number of hydrogen-bond donors (Lipinski definition) is 0. The number of rotatable bonds is 7. The van der Waals surface area contributed by atoms with E-state index >= 15 is 0 Å². The van der Waals surface area contributed by atoms with E-state index in [-0.39, 0.29) is 12.6 Å². The molecular weight excluding hydrogens is 288 g/mol. The number of ether oxygens (including phenoxy) is 2.